The van der Waals surface area contributed by atoms with Gasteiger partial charge in [-0.05, 0) is 54.8 Å². The van der Waals surface area contributed by atoms with E-state index < -0.39 is 10.0 Å². The van der Waals surface area contributed by atoms with Crippen LogP contribution >= 0.6 is 0 Å². The quantitative estimate of drug-likeness (QED) is 0.647. The third kappa shape index (κ3) is 5.03. The Morgan fingerprint density at radius 2 is 1.66 bits per heavy atom. The zero-order chi connectivity index (χ0) is 20.9. The van der Waals surface area contributed by atoms with Gasteiger partial charge in [-0.15, -0.1) is 0 Å². The number of sulfonamides is 1. The molecule has 3 aromatic rings. The molecule has 0 aromatic heterocycles. The van der Waals surface area contributed by atoms with Gasteiger partial charge in [0, 0.05) is 19.2 Å². The largest absolute Gasteiger partial charge is 0.352 e. The lowest BCUT2D eigenvalue weighted by atomic mass is 10.1. The van der Waals surface area contributed by atoms with Crippen LogP contribution < -0.4 is 9.62 Å². The molecule has 150 valence electrons. The Hall–Kier alpha value is -3.12. The lowest BCUT2D eigenvalue weighted by Crippen LogP contribution is -2.28. The first-order valence-electron chi connectivity index (χ1n) is 9.36. The summed E-state index contributed by atoms with van der Waals surface area (Å²) in [6, 6.07) is 23.2. The number of rotatable bonds is 7. The Balaban J connectivity index is 1.73. The first-order valence-corrected chi connectivity index (χ1v) is 10.8. The molecule has 29 heavy (non-hydrogen) atoms. The second-order valence-electron chi connectivity index (χ2n) is 6.83. The number of anilines is 1. The van der Waals surface area contributed by atoms with Crippen LogP contribution in [0.4, 0.5) is 5.69 Å². The van der Waals surface area contributed by atoms with Gasteiger partial charge in [-0.2, -0.15) is 0 Å². The van der Waals surface area contributed by atoms with Crippen molar-refractivity contribution in [2.24, 2.45) is 0 Å². The maximum atomic E-state index is 13.0. The Morgan fingerprint density at radius 1 is 0.931 bits per heavy atom. The maximum Gasteiger partial charge on any atom is 0.264 e. The van der Waals surface area contributed by atoms with Crippen molar-refractivity contribution in [3.05, 3.63) is 95.6 Å². The highest BCUT2D eigenvalue weighted by Gasteiger charge is 2.22. The van der Waals surface area contributed by atoms with Crippen molar-refractivity contribution in [1.82, 2.24) is 5.32 Å². The van der Waals surface area contributed by atoms with E-state index in [4.69, 9.17) is 0 Å². The summed E-state index contributed by atoms with van der Waals surface area (Å²) in [4.78, 5) is 12.6. The molecule has 1 N–H and O–H groups in total. The average Bonchev–Trinajstić information content (AvgIpc) is 2.74. The average molecular weight is 409 g/mol. The number of nitrogens with one attached hydrogen (secondary N) is 1. The Bertz CT molecular complexity index is 1100. The molecule has 0 radical (unpaired) electrons. The summed E-state index contributed by atoms with van der Waals surface area (Å²) in [5.74, 6) is -0.295. The molecule has 0 saturated carbocycles. The molecule has 0 aliphatic rings. The van der Waals surface area contributed by atoms with E-state index in [1.165, 1.54) is 23.5 Å². The van der Waals surface area contributed by atoms with Crippen molar-refractivity contribution >= 4 is 21.6 Å². The highest BCUT2D eigenvalue weighted by molar-refractivity contribution is 7.92. The summed E-state index contributed by atoms with van der Waals surface area (Å²) in [5, 5.41) is 2.85. The molecule has 0 unspecified atom stereocenters. The second kappa shape index (κ2) is 8.92. The molecule has 1 amide bonds. The smallest absolute Gasteiger partial charge is 0.264 e. The summed E-state index contributed by atoms with van der Waals surface area (Å²) in [7, 11) is -2.26. The molecule has 3 aromatic carbocycles. The fourth-order valence-corrected chi connectivity index (χ4v) is 4.22. The van der Waals surface area contributed by atoms with Crippen LogP contribution in [-0.4, -0.2) is 27.9 Å². The van der Waals surface area contributed by atoms with E-state index in [0.717, 1.165) is 11.1 Å². The van der Waals surface area contributed by atoms with Crippen molar-refractivity contribution in [3.63, 3.8) is 0 Å². The molecule has 0 aliphatic carbocycles. The maximum absolute atomic E-state index is 13.0. The predicted molar refractivity (Wildman–Crippen MR) is 116 cm³/mol. The number of amides is 1. The fourth-order valence-electron chi connectivity index (χ4n) is 2.99. The van der Waals surface area contributed by atoms with Gasteiger partial charge in [0.1, 0.15) is 0 Å². The minimum absolute atomic E-state index is 0.0808. The van der Waals surface area contributed by atoms with Gasteiger partial charge in [-0.3, -0.25) is 9.10 Å². The van der Waals surface area contributed by atoms with Crippen LogP contribution in [0.1, 0.15) is 21.5 Å². The van der Waals surface area contributed by atoms with Gasteiger partial charge in [0.15, 0.2) is 0 Å². The highest BCUT2D eigenvalue weighted by Crippen LogP contribution is 2.23. The van der Waals surface area contributed by atoms with Crippen LogP contribution in [0.25, 0.3) is 0 Å². The number of carbonyl (C=O) groups is 1. The number of nitrogens with zero attached hydrogens (tertiary/aromatic N) is 1. The Labute approximate surface area is 172 Å². The van der Waals surface area contributed by atoms with Gasteiger partial charge in [0.2, 0.25) is 0 Å². The van der Waals surface area contributed by atoms with Crippen molar-refractivity contribution in [1.29, 1.82) is 0 Å². The van der Waals surface area contributed by atoms with E-state index >= 15 is 0 Å². The summed E-state index contributed by atoms with van der Waals surface area (Å²) in [5.41, 5.74) is 2.99. The van der Waals surface area contributed by atoms with Gasteiger partial charge in [-0.25, -0.2) is 8.42 Å². The van der Waals surface area contributed by atoms with E-state index in [9.17, 15) is 13.2 Å². The molecule has 0 spiro atoms. The summed E-state index contributed by atoms with van der Waals surface area (Å²) < 4.78 is 27.3. The van der Waals surface area contributed by atoms with Crippen LogP contribution in [0.5, 0.6) is 0 Å². The number of carbonyl (C=O) groups excluding carboxylic acids is 1. The monoisotopic (exact) mass is 408 g/mol. The van der Waals surface area contributed by atoms with E-state index in [1.807, 2.05) is 49.4 Å². The molecular weight excluding hydrogens is 384 g/mol. The third-order valence-electron chi connectivity index (χ3n) is 4.66. The van der Waals surface area contributed by atoms with Crippen LogP contribution in [0.3, 0.4) is 0 Å². The minimum atomic E-state index is -3.77. The van der Waals surface area contributed by atoms with Gasteiger partial charge >= 0.3 is 0 Å². The fraction of sp³-hybridized carbons (Fsp3) is 0.174. The van der Waals surface area contributed by atoms with Crippen molar-refractivity contribution in [2.75, 3.05) is 17.9 Å². The first kappa shape index (κ1) is 20.6. The predicted octanol–water partition coefficient (Wildman–Crippen LogP) is 3.79. The first-order chi connectivity index (χ1) is 13.9. The van der Waals surface area contributed by atoms with Crippen molar-refractivity contribution < 1.29 is 13.2 Å². The SMILES string of the molecule is Cc1cccc(N(C)S(=O)(=O)c2cccc(C(=O)NCCc3ccccc3)c2)c1. The van der Waals surface area contributed by atoms with Crippen molar-refractivity contribution in [3.8, 4) is 0 Å². The molecule has 5 nitrogen and oxygen atoms in total. The topological polar surface area (TPSA) is 66.5 Å². The molecule has 0 fully saturated rings. The van der Waals surface area contributed by atoms with E-state index in [2.05, 4.69) is 5.32 Å². The molecule has 0 atom stereocenters. The Morgan fingerprint density at radius 3 is 2.38 bits per heavy atom. The zero-order valence-corrected chi connectivity index (χ0v) is 17.3. The van der Waals surface area contributed by atoms with Crippen LogP contribution in [0.2, 0.25) is 0 Å². The van der Waals surface area contributed by atoms with Crippen molar-refractivity contribution in [2.45, 2.75) is 18.2 Å². The lowest BCUT2D eigenvalue weighted by Gasteiger charge is -2.20. The number of hydrogen-bond donors (Lipinski definition) is 1. The van der Waals surface area contributed by atoms with E-state index in [0.29, 0.717) is 24.2 Å². The highest BCUT2D eigenvalue weighted by atomic mass is 32.2. The van der Waals surface area contributed by atoms with Crippen LogP contribution in [-0.2, 0) is 16.4 Å². The second-order valence-corrected chi connectivity index (χ2v) is 8.80. The molecule has 3 rings (SSSR count). The summed E-state index contributed by atoms with van der Waals surface area (Å²) in [6.07, 6.45) is 0.709. The minimum Gasteiger partial charge on any atom is -0.352 e. The molecular formula is C23H24N2O3S. The standard InChI is InChI=1S/C23H24N2O3S/c1-18-8-6-12-21(16-18)25(2)29(27,28)22-13-7-11-20(17-22)23(26)24-15-14-19-9-4-3-5-10-19/h3-13,16-17H,14-15H2,1-2H3,(H,24,26). The molecule has 0 heterocycles. The lowest BCUT2D eigenvalue weighted by molar-refractivity contribution is 0.0954. The van der Waals surface area contributed by atoms with Gasteiger partial charge in [-0.1, -0.05) is 48.5 Å². The molecule has 6 heteroatoms. The van der Waals surface area contributed by atoms with Gasteiger partial charge < -0.3 is 5.32 Å². The molecule has 0 bridgehead atoms. The third-order valence-corrected chi connectivity index (χ3v) is 6.44. The van der Waals surface area contributed by atoms with E-state index in [-0.39, 0.29) is 10.8 Å². The summed E-state index contributed by atoms with van der Waals surface area (Å²) >= 11 is 0. The number of benzene rings is 3. The number of hydrogen-bond acceptors (Lipinski definition) is 3. The Kier molecular flexibility index (Phi) is 6.34. The zero-order valence-electron chi connectivity index (χ0n) is 16.5. The van der Waals surface area contributed by atoms with Gasteiger partial charge in [0.05, 0.1) is 10.6 Å². The van der Waals surface area contributed by atoms with Crippen LogP contribution in [0.15, 0.2) is 83.8 Å². The molecule has 0 saturated heterocycles. The van der Waals surface area contributed by atoms with Gasteiger partial charge in [0.25, 0.3) is 15.9 Å². The normalized spacial score (nSPS) is 11.1. The molecule has 0 aliphatic heterocycles. The van der Waals surface area contributed by atoms with E-state index in [1.54, 1.807) is 24.3 Å². The number of aryl methyl sites for hydroxylation is 1. The summed E-state index contributed by atoms with van der Waals surface area (Å²) in [6.45, 7) is 2.38. The van der Waals surface area contributed by atoms with Crippen LogP contribution in [0, 0.1) is 6.92 Å².